The van der Waals surface area contributed by atoms with Crippen LogP contribution in [0.4, 0.5) is 0 Å². The number of nitrogens with zero attached hydrogens (tertiary/aromatic N) is 4. The first-order chi connectivity index (χ1) is 9.34. The van der Waals surface area contributed by atoms with Gasteiger partial charge in [-0.3, -0.25) is 4.79 Å². The molecule has 0 aromatic carbocycles. The molecule has 2 aliphatic rings. The third-order valence-corrected chi connectivity index (χ3v) is 4.55. The van der Waals surface area contributed by atoms with Gasteiger partial charge in [-0.1, -0.05) is 24.5 Å². The molecule has 1 aliphatic carbocycles. The van der Waals surface area contributed by atoms with Gasteiger partial charge in [-0.15, -0.1) is 5.10 Å². The second-order valence-corrected chi connectivity index (χ2v) is 5.77. The van der Waals surface area contributed by atoms with Gasteiger partial charge in [-0.05, 0) is 25.7 Å². The van der Waals surface area contributed by atoms with Gasteiger partial charge in [0.05, 0.1) is 12.2 Å². The van der Waals surface area contributed by atoms with E-state index in [1.807, 2.05) is 10.9 Å². The fraction of sp³-hybridized carbons (Fsp3) is 0.786. The predicted octanol–water partition coefficient (Wildman–Crippen LogP) is 2.02. The van der Waals surface area contributed by atoms with Gasteiger partial charge in [0.1, 0.15) is 0 Å². The zero-order valence-electron chi connectivity index (χ0n) is 11.4. The number of carbonyl (C=O) groups excluding carboxylic acids is 1. The fourth-order valence-electron chi connectivity index (χ4n) is 3.37. The average molecular weight is 262 g/mol. The number of amides is 1. The molecule has 0 spiro atoms. The summed E-state index contributed by atoms with van der Waals surface area (Å²) in [5.74, 6) is 0.702. The Morgan fingerprint density at radius 3 is 2.42 bits per heavy atom. The lowest BCUT2D eigenvalue weighted by molar-refractivity contribution is -0.137. The Morgan fingerprint density at radius 1 is 1.05 bits per heavy atom. The van der Waals surface area contributed by atoms with Crippen molar-refractivity contribution >= 4 is 5.91 Å². The van der Waals surface area contributed by atoms with Crippen LogP contribution in [-0.4, -0.2) is 38.9 Å². The second kappa shape index (κ2) is 5.72. The average Bonchev–Trinajstić information content (AvgIpc) is 3.02. The van der Waals surface area contributed by atoms with E-state index in [2.05, 4.69) is 15.2 Å². The minimum Gasteiger partial charge on any atom is -0.342 e. The van der Waals surface area contributed by atoms with Crippen molar-refractivity contribution in [3.8, 4) is 0 Å². The Labute approximate surface area is 114 Å². The van der Waals surface area contributed by atoms with Crippen LogP contribution in [0.25, 0.3) is 0 Å². The van der Waals surface area contributed by atoms with Crippen molar-refractivity contribution in [1.82, 2.24) is 19.9 Å². The first kappa shape index (κ1) is 12.6. The predicted molar refractivity (Wildman–Crippen MR) is 71.4 cm³/mol. The first-order valence-electron chi connectivity index (χ1n) is 7.49. The van der Waals surface area contributed by atoms with Gasteiger partial charge >= 0.3 is 0 Å². The van der Waals surface area contributed by atoms with Crippen LogP contribution in [0.2, 0.25) is 0 Å². The lowest BCUT2D eigenvalue weighted by Gasteiger charge is -2.35. The highest BCUT2D eigenvalue weighted by Crippen LogP contribution is 2.28. The normalized spacial score (nSPS) is 22.6. The molecular weight excluding hydrogens is 240 g/mol. The van der Waals surface area contributed by atoms with E-state index < -0.39 is 0 Å². The molecule has 5 nitrogen and oxygen atoms in total. The summed E-state index contributed by atoms with van der Waals surface area (Å²) < 4.78 is 1.93. The van der Waals surface area contributed by atoms with Crippen molar-refractivity contribution in [2.45, 2.75) is 51.0 Å². The van der Waals surface area contributed by atoms with Crippen molar-refractivity contribution in [2.24, 2.45) is 5.92 Å². The van der Waals surface area contributed by atoms with E-state index in [4.69, 9.17) is 0 Å². The van der Waals surface area contributed by atoms with E-state index >= 15 is 0 Å². The molecule has 1 saturated heterocycles. The van der Waals surface area contributed by atoms with Crippen molar-refractivity contribution in [3.05, 3.63) is 12.4 Å². The number of hydrogen-bond acceptors (Lipinski definition) is 3. The number of piperidine rings is 1. The summed E-state index contributed by atoms with van der Waals surface area (Å²) in [5.41, 5.74) is 0. The smallest absolute Gasteiger partial charge is 0.225 e. The maximum atomic E-state index is 12.4. The van der Waals surface area contributed by atoms with Crippen LogP contribution >= 0.6 is 0 Å². The van der Waals surface area contributed by atoms with Crippen LogP contribution in [0.1, 0.15) is 51.0 Å². The Balaban J connectivity index is 1.53. The molecule has 1 amide bonds. The molecule has 19 heavy (non-hydrogen) atoms. The molecule has 1 aromatic heterocycles. The first-order valence-corrected chi connectivity index (χ1v) is 7.49. The van der Waals surface area contributed by atoms with Crippen LogP contribution in [-0.2, 0) is 4.79 Å². The Hall–Kier alpha value is -1.39. The van der Waals surface area contributed by atoms with Crippen LogP contribution < -0.4 is 0 Å². The molecule has 2 heterocycles. The molecule has 0 atom stereocenters. The molecule has 0 bridgehead atoms. The van der Waals surface area contributed by atoms with E-state index in [1.54, 1.807) is 6.20 Å². The fourth-order valence-corrected chi connectivity index (χ4v) is 3.37. The highest BCUT2D eigenvalue weighted by atomic mass is 16.2. The summed E-state index contributed by atoms with van der Waals surface area (Å²) in [7, 11) is 0. The summed E-state index contributed by atoms with van der Waals surface area (Å²) in [6.07, 6.45) is 11.6. The minimum absolute atomic E-state index is 0.302. The van der Waals surface area contributed by atoms with Gasteiger partial charge in [0.25, 0.3) is 0 Å². The number of aromatic nitrogens is 3. The molecule has 0 N–H and O–H groups in total. The summed E-state index contributed by atoms with van der Waals surface area (Å²) >= 11 is 0. The molecule has 2 fully saturated rings. The van der Waals surface area contributed by atoms with Gasteiger partial charge in [0.2, 0.25) is 5.91 Å². The topological polar surface area (TPSA) is 51.0 Å². The van der Waals surface area contributed by atoms with E-state index in [0.29, 0.717) is 17.9 Å². The molecule has 1 aliphatic heterocycles. The van der Waals surface area contributed by atoms with Crippen LogP contribution in [0.3, 0.4) is 0 Å². The van der Waals surface area contributed by atoms with Gasteiger partial charge < -0.3 is 4.90 Å². The minimum atomic E-state index is 0.302. The largest absolute Gasteiger partial charge is 0.342 e. The molecule has 1 aromatic rings. The third-order valence-electron chi connectivity index (χ3n) is 4.55. The standard InChI is InChI=1S/C14H22N4O/c19-14(12-4-2-1-3-5-12)17-9-6-13(7-10-17)18-11-8-15-16-18/h8,11-13H,1-7,9-10H2. The Bertz CT molecular complexity index is 403. The molecule has 1 saturated carbocycles. The summed E-state index contributed by atoms with van der Waals surface area (Å²) in [4.78, 5) is 14.5. The quantitative estimate of drug-likeness (QED) is 0.819. The van der Waals surface area contributed by atoms with Crippen molar-refractivity contribution in [1.29, 1.82) is 0 Å². The maximum Gasteiger partial charge on any atom is 0.225 e. The van der Waals surface area contributed by atoms with Gasteiger partial charge in [-0.25, -0.2) is 4.68 Å². The number of likely N-dealkylation sites (tertiary alicyclic amines) is 1. The third kappa shape index (κ3) is 2.80. The summed E-state index contributed by atoms with van der Waals surface area (Å²) in [6, 6.07) is 0.415. The molecular formula is C14H22N4O. The molecule has 0 radical (unpaired) electrons. The molecule has 3 rings (SSSR count). The van der Waals surface area contributed by atoms with Gasteiger partial charge in [-0.2, -0.15) is 0 Å². The molecule has 5 heteroatoms. The maximum absolute atomic E-state index is 12.4. The highest BCUT2D eigenvalue weighted by Gasteiger charge is 2.29. The SMILES string of the molecule is O=C(C1CCCCC1)N1CCC(n2ccnn2)CC1. The number of hydrogen-bond donors (Lipinski definition) is 0. The second-order valence-electron chi connectivity index (χ2n) is 5.77. The lowest BCUT2D eigenvalue weighted by atomic mass is 9.87. The zero-order valence-corrected chi connectivity index (χ0v) is 11.4. The summed E-state index contributed by atoms with van der Waals surface area (Å²) in [5, 5.41) is 7.92. The Kier molecular flexibility index (Phi) is 3.80. The van der Waals surface area contributed by atoms with Gasteiger partial charge in [0.15, 0.2) is 0 Å². The van der Waals surface area contributed by atoms with Gasteiger partial charge in [0, 0.05) is 25.2 Å². The van der Waals surface area contributed by atoms with E-state index in [1.165, 1.54) is 19.3 Å². The van der Waals surface area contributed by atoms with Crippen molar-refractivity contribution < 1.29 is 4.79 Å². The summed E-state index contributed by atoms with van der Waals surface area (Å²) in [6.45, 7) is 1.75. The van der Waals surface area contributed by atoms with E-state index in [-0.39, 0.29) is 0 Å². The van der Waals surface area contributed by atoms with E-state index in [0.717, 1.165) is 38.8 Å². The lowest BCUT2D eigenvalue weighted by Crippen LogP contribution is -2.42. The molecule has 104 valence electrons. The molecule has 0 unspecified atom stereocenters. The Morgan fingerprint density at radius 2 is 1.79 bits per heavy atom. The van der Waals surface area contributed by atoms with Crippen molar-refractivity contribution in [2.75, 3.05) is 13.1 Å². The van der Waals surface area contributed by atoms with Crippen LogP contribution in [0.15, 0.2) is 12.4 Å². The monoisotopic (exact) mass is 262 g/mol. The van der Waals surface area contributed by atoms with Crippen LogP contribution in [0.5, 0.6) is 0 Å². The zero-order chi connectivity index (χ0) is 13.1. The number of carbonyl (C=O) groups is 1. The number of rotatable bonds is 2. The van der Waals surface area contributed by atoms with E-state index in [9.17, 15) is 4.79 Å². The van der Waals surface area contributed by atoms with Crippen molar-refractivity contribution in [3.63, 3.8) is 0 Å². The highest BCUT2D eigenvalue weighted by molar-refractivity contribution is 5.79. The van der Waals surface area contributed by atoms with Crippen LogP contribution in [0, 0.1) is 5.92 Å².